The molecule has 3 N–H and O–H groups in total. The van der Waals surface area contributed by atoms with E-state index in [9.17, 15) is 23.1 Å². The van der Waals surface area contributed by atoms with E-state index in [-0.39, 0.29) is 30.6 Å². The second-order valence-corrected chi connectivity index (χ2v) is 8.60. The Bertz CT molecular complexity index is 1200. The van der Waals surface area contributed by atoms with Gasteiger partial charge in [0.15, 0.2) is 0 Å². The number of benzene rings is 3. The first-order valence-electron chi connectivity index (χ1n) is 11.5. The molecular formula is C27H26F3NO5. The molecule has 0 fully saturated rings. The number of rotatable bonds is 9. The molecule has 0 unspecified atom stereocenters. The molecule has 9 heteroatoms. The largest absolute Gasteiger partial charge is 0.490 e. The lowest BCUT2D eigenvalue weighted by atomic mass is 9.96. The minimum atomic E-state index is -4.53. The van der Waals surface area contributed by atoms with Crippen molar-refractivity contribution in [3.63, 3.8) is 0 Å². The van der Waals surface area contributed by atoms with Gasteiger partial charge in [0.25, 0.3) is 0 Å². The summed E-state index contributed by atoms with van der Waals surface area (Å²) in [7, 11) is 0. The summed E-state index contributed by atoms with van der Waals surface area (Å²) in [6, 6.07) is 17.5. The van der Waals surface area contributed by atoms with E-state index < -0.39 is 23.8 Å². The van der Waals surface area contributed by atoms with E-state index in [0.717, 1.165) is 41.3 Å². The minimum absolute atomic E-state index is 0.114. The molecule has 4 rings (SSSR count). The Morgan fingerprint density at radius 2 is 1.81 bits per heavy atom. The van der Waals surface area contributed by atoms with Gasteiger partial charge in [-0.05, 0) is 65.9 Å². The highest BCUT2D eigenvalue weighted by Gasteiger charge is 2.34. The van der Waals surface area contributed by atoms with Crippen molar-refractivity contribution in [3.05, 3.63) is 83.4 Å². The number of alkyl halides is 3. The van der Waals surface area contributed by atoms with Gasteiger partial charge in [-0.1, -0.05) is 30.3 Å². The number of aryl methyl sites for hydroxylation is 1. The maximum absolute atomic E-state index is 13.0. The predicted octanol–water partition coefficient (Wildman–Crippen LogP) is 4.79. The van der Waals surface area contributed by atoms with Crippen molar-refractivity contribution in [1.82, 2.24) is 5.32 Å². The summed E-state index contributed by atoms with van der Waals surface area (Å²) in [6.45, 7) is 0.338. The fourth-order valence-electron chi connectivity index (χ4n) is 4.06. The Morgan fingerprint density at radius 3 is 2.53 bits per heavy atom. The molecule has 0 aromatic heterocycles. The van der Waals surface area contributed by atoms with Crippen LogP contribution in [-0.2, 0) is 12.6 Å². The number of hydrogen-bond acceptors (Lipinski definition) is 5. The first-order valence-corrected chi connectivity index (χ1v) is 11.5. The number of carboxylic acid groups (broad SMARTS) is 1. The van der Waals surface area contributed by atoms with Gasteiger partial charge in [-0.15, -0.1) is 0 Å². The van der Waals surface area contributed by atoms with Crippen LogP contribution in [0.4, 0.5) is 13.2 Å². The lowest BCUT2D eigenvalue weighted by Crippen LogP contribution is -2.39. The van der Waals surface area contributed by atoms with E-state index in [4.69, 9.17) is 14.6 Å². The third kappa shape index (κ3) is 6.35. The third-order valence-corrected chi connectivity index (χ3v) is 5.93. The van der Waals surface area contributed by atoms with E-state index in [1.54, 1.807) is 24.3 Å². The Labute approximate surface area is 206 Å². The minimum Gasteiger partial charge on any atom is -0.490 e. The molecule has 0 saturated carbocycles. The highest BCUT2D eigenvalue weighted by Crippen LogP contribution is 2.36. The van der Waals surface area contributed by atoms with Crippen LogP contribution in [0.1, 0.15) is 27.9 Å². The molecule has 0 saturated heterocycles. The van der Waals surface area contributed by atoms with Gasteiger partial charge in [0.05, 0.1) is 11.1 Å². The molecule has 190 valence electrons. The zero-order valence-corrected chi connectivity index (χ0v) is 19.3. The van der Waals surface area contributed by atoms with Crippen LogP contribution >= 0.6 is 0 Å². The van der Waals surface area contributed by atoms with Crippen molar-refractivity contribution in [2.75, 3.05) is 19.7 Å². The fraction of sp³-hybridized carbons (Fsp3) is 0.296. The molecule has 3 aromatic carbocycles. The maximum Gasteiger partial charge on any atom is 0.419 e. The van der Waals surface area contributed by atoms with E-state index in [1.807, 2.05) is 18.2 Å². The van der Waals surface area contributed by atoms with Crippen molar-refractivity contribution in [3.8, 4) is 22.6 Å². The van der Waals surface area contributed by atoms with Gasteiger partial charge in [-0.3, -0.25) is 0 Å². The number of aliphatic hydroxyl groups excluding tert-OH is 1. The Morgan fingerprint density at radius 1 is 1.08 bits per heavy atom. The van der Waals surface area contributed by atoms with E-state index in [1.165, 1.54) is 18.2 Å². The molecule has 1 aliphatic rings. The van der Waals surface area contributed by atoms with Crippen molar-refractivity contribution >= 4 is 5.97 Å². The second kappa shape index (κ2) is 11.0. The number of carboxylic acids is 1. The number of carbonyl (C=O) groups is 1. The number of halogens is 3. The smallest absolute Gasteiger partial charge is 0.419 e. The van der Waals surface area contributed by atoms with Crippen LogP contribution in [0, 0.1) is 0 Å². The first-order chi connectivity index (χ1) is 17.2. The number of fused-ring (bicyclic) bond motifs is 1. The number of nitrogens with one attached hydrogen (secondary N) is 1. The monoisotopic (exact) mass is 501 g/mol. The van der Waals surface area contributed by atoms with Gasteiger partial charge < -0.3 is 25.0 Å². The van der Waals surface area contributed by atoms with Crippen LogP contribution in [0.15, 0.2) is 66.7 Å². The summed E-state index contributed by atoms with van der Waals surface area (Å²) in [5.74, 6) is -0.507. The maximum atomic E-state index is 13.0. The summed E-state index contributed by atoms with van der Waals surface area (Å²) in [5.41, 5.74) is 2.31. The highest BCUT2D eigenvalue weighted by atomic mass is 19.4. The first kappa shape index (κ1) is 25.5. The molecular weight excluding hydrogens is 475 g/mol. The summed E-state index contributed by atoms with van der Waals surface area (Å²) in [4.78, 5) is 11.0. The van der Waals surface area contributed by atoms with Crippen LogP contribution in [-0.4, -0.2) is 48.1 Å². The van der Waals surface area contributed by atoms with Gasteiger partial charge >= 0.3 is 12.1 Å². The Kier molecular flexibility index (Phi) is 7.81. The van der Waals surface area contributed by atoms with Gasteiger partial charge in [0.1, 0.15) is 30.3 Å². The molecule has 2 atom stereocenters. The highest BCUT2D eigenvalue weighted by molar-refractivity contribution is 5.88. The van der Waals surface area contributed by atoms with Crippen molar-refractivity contribution in [2.24, 2.45) is 0 Å². The lowest BCUT2D eigenvalue weighted by molar-refractivity contribution is -0.139. The summed E-state index contributed by atoms with van der Waals surface area (Å²) < 4.78 is 50.4. The quantitative estimate of drug-likeness (QED) is 0.391. The average Bonchev–Trinajstić information content (AvgIpc) is 2.87. The van der Waals surface area contributed by atoms with Gasteiger partial charge in [0, 0.05) is 13.1 Å². The SMILES string of the molecule is O=C(O)c1ccc(-c2ccc3c(c2)CC[C@H](CNC[C@H](O)COc2ccccc2C(F)(F)F)O3)cc1. The number of aromatic carboxylic acids is 1. The zero-order valence-electron chi connectivity index (χ0n) is 19.3. The molecule has 0 radical (unpaired) electrons. The predicted molar refractivity (Wildman–Crippen MR) is 127 cm³/mol. The van der Waals surface area contributed by atoms with Crippen LogP contribution < -0.4 is 14.8 Å². The van der Waals surface area contributed by atoms with E-state index in [0.29, 0.717) is 6.54 Å². The topological polar surface area (TPSA) is 88.0 Å². The zero-order chi connectivity index (χ0) is 25.7. The molecule has 0 bridgehead atoms. The molecule has 3 aromatic rings. The molecule has 0 amide bonds. The van der Waals surface area contributed by atoms with Crippen LogP contribution in [0.5, 0.6) is 11.5 Å². The van der Waals surface area contributed by atoms with Crippen LogP contribution in [0.3, 0.4) is 0 Å². The summed E-state index contributed by atoms with van der Waals surface area (Å²) in [6.07, 6.45) is -4.08. The lowest BCUT2D eigenvalue weighted by Gasteiger charge is -2.27. The number of para-hydroxylation sites is 1. The third-order valence-electron chi connectivity index (χ3n) is 5.93. The molecule has 1 aliphatic heterocycles. The van der Waals surface area contributed by atoms with Gasteiger partial charge in [-0.2, -0.15) is 13.2 Å². The van der Waals surface area contributed by atoms with Gasteiger partial charge in [-0.25, -0.2) is 4.79 Å². The standard InChI is InChI=1S/C27H26F3NO5/c28-27(29,30)23-3-1-2-4-25(23)35-16-21(32)14-31-15-22-11-9-20-13-19(10-12-24(20)36-22)17-5-7-18(8-6-17)26(33)34/h1-8,10,12-13,21-22,31-32H,9,11,14-16H2,(H,33,34)/t21-,22+/m0/s1. The van der Waals surface area contributed by atoms with Gasteiger partial charge in [0.2, 0.25) is 0 Å². The molecule has 1 heterocycles. The number of hydrogen-bond donors (Lipinski definition) is 3. The van der Waals surface area contributed by atoms with Crippen LogP contribution in [0.2, 0.25) is 0 Å². The number of aliphatic hydroxyl groups is 1. The van der Waals surface area contributed by atoms with Crippen molar-refractivity contribution < 1.29 is 37.7 Å². The molecule has 0 spiro atoms. The summed E-state index contributed by atoms with van der Waals surface area (Å²) in [5, 5.41) is 22.3. The second-order valence-electron chi connectivity index (χ2n) is 8.60. The normalized spacial score (nSPS) is 16.1. The van der Waals surface area contributed by atoms with E-state index >= 15 is 0 Å². The Balaban J connectivity index is 1.25. The Hall–Kier alpha value is -3.56. The van der Waals surface area contributed by atoms with Crippen molar-refractivity contribution in [1.29, 1.82) is 0 Å². The average molecular weight is 502 g/mol. The number of ether oxygens (including phenoxy) is 2. The van der Waals surface area contributed by atoms with Crippen LogP contribution in [0.25, 0.3) is 11.1 Å². The summed E-state index contributed by atoms with van der Waals surface area (Å²) >= 11 is 0. The fourth-order valence-corrected chi connectivity index (χ4v) is 4.06. The molecule has 6 nitrogen and oxygen atoms in total. The molecule has 0 aliphatic carbocycles. The molecule has 36 heavy (non-hydrogen) atoms. The van der Waals surface area contributed by atoms with E-state index in [2.05, 4.69) is 5.32 Å². The van der Waals surface area contributed by atoms with Crippen molar-refractivity contribution in [2.45, 2.75) is 31.2 Å².